The van der Waals surface area contributed by atoms with Crippen LogP contribution in [-0.2, 0) is 22.6 Å². The number of methoxy groups -OCH3 is 1. The van der Waals surface area contributed by atoms with Crippen LogP contribution in [0.15, 0.2) is 47.6 Å². The molecule has 34 heavy (non-hydrogen) atoms. The maximum Gasteiger partial charge on any atom is 0.234 e. The van der Waals surface area contributed by atoms with Crippen molar-refractivity contribution in [2.45, 2.75) is 51.9 Å². The van der Waals surface area contributed by atoms with Crippen molar-refractivity contribution in [3.05, 3.63) is 65.0 Å². The van der Waals surface area contributed by atoms with Gasteiger partial charge in [-0.15, -0.1) is 10.2 Å². The lowest BCUT2D eigenvalue weighted by molar-refractivity contribution is -0.121. The summed E-state index contributed by atoms with van der Waals surface area (Å²) in [4.78, 5) is 25.0. The van der Waals surface area contributed by atoms with Gasteiger partial charge in [-0.3, -0.25) is 9.59 Å². The Bertz CT molecular complexity index is 1140. The lowest BCUT2D eigenvalue weighted by Crippen LogP contribution is -2.30. The number of anilines is 1. The molecule has 3 aromatic rings. The SMILES string of the molecule is CCn1c(SCC(=O)Nc2ccc(C)c(C)c2)nnc1[C@H](C)NC(=O)Cc1ccc(OC)cc1. The van der Waals surface area contributed by atoms with Gasteiger partial charge in [-0.05, 0) is 68.7 Å². The fourth-order valence-electron chi connectivity index (χ4n) is 3.46. The normalized spacial score (nSPS) is 11.7. The highest BCUT2D eigenvalue weighted by molar-refractivity contribution is 7.99. The van der Waals surface area contributed by atoms with Crippen LogP contribution in [0.25, 0.3) is 0 Å². The number of amides is 2. The maximum atomic E-state index is 12.5. The summed E-state index contributed by atoms with van der Waals surface area (Å²) in [5.41, 5.74) is 3.98. The van der Waals surface area contributed by atoms with Crippen LogP contribution in [0.4, 0.5) is 5.69 Å². The Morgan fingerprint density at radius 2 is 1.79 bits per heavy atom. The lowest BCUT2D eigenvalue weighted by atomic mass is 10.1. The minimum absolute atomic E-state index is 0.106. The molecule has 0 saturated carbocycles. The zero-order chi connectivity index (χ0) is 24.7. The molecule has 1 aromatic heterocycles. The monoisotopic (exact) mass is 481 g/mol. The van der Waals surface area contributed by atoms with Crippen LogP contribution in [0.2, 0.25) is 0 Å². The molecule has 3 rings (SSSR count). The van der Waals surface area contributed by atoms with E-state index in [1.807, 2.05) is 74.7 Å². The highest BCUT2D eigenvalue weighted by Gasteiger charge is 2.20. The van der Waals surface area contributed by atoms with E-state index in [4.69, 9.17) is 4.74 Å². The van der Waals surface area contributed by atoms with Crippen LogP contribution in [0.3, 0.4) is 0 Å². The van der Waals surface area contributed by atoms with Gasteiger partial charge in [0.15, 0.2) is 11.0 Å². The van der Waals surface area contributed by atoms with Crippen molar-refractivity contribution in [3.8, 4) is 5.75 Å². The summed E-state index contributed by atoms with van der Waals surface area (Å²) in [5, 5.41) is 15.1. The number of benzene rings is 2. The molecule has 1 atom stereocenters. The van der Waals surface area contributed by atoms with E-state index in [9.17, 15) is 9.59 Å². The predicted octanol–water partition coefficient (Wildman–Crippen LogP) is 4.07. The zero-order valence-electron chi connectivity index (χ0n) is 20.2. The van der Waals surface area contributed by atoms with Crippen LogP contribution < -0.4 is 15.4 Å². The summed E-state index contributed by atoms with van der Waals surface area (Å²) in [6, 6.07) is 12.9. The number of nitrogens with zero attached hydrogens (tertiary/aromatic N) is 3. The molecule has 0 bridgehead atoms. The molecule has 0 aliphatic heterocycles. The average molecular weight is 482 g/mol. The van der Waals surface area contributed by atoms with Crippen molar-refractivity contribution in [3.63, 3.8) is 0 Å². The van der Waals surface area contributed by atoms with Crippen molar-refractivity contribution in [2.24, 2.45) is 0 Å². The molecule has 2 amide bonds. The van der Waals surface area contributed by atoms with E-state index in [2.05, 4.69) is 20.8 Å². The highest BCUT2D eigenvalue weighted by Crippen LogP contribution is 2.22. The van der Waals surface area contributed by atoms with Crippen molar-refractivity contribution < 1.29 is 14.3 Å². The van der Waals surface area contributed by atoms with Gasteiger partial charge in [-0.2, -0.15) is 0 Å². The zero-order valence-corrected chi connectivity index (χ0v) is 21.0. The average Bonchev–Trinajstić information content (AvgIpc) is 3.23. The molecule has 0 aliphatic carbocycles. The predicted molar refractivity (Wildman–Crippen MR) is 134 cm³/mol. The molecule has 8 nitrogen and oxygen atoms in total. The summed E-state index contributed by atoms with van der Waals surface area (Å²) >= 11 is 1.32. The largest absolute Gasteiger partial charge is 0.497 e. The Labute approximate surface area is 204 Å². The van der Waals surface area contributed by atoms with Crippen molar-refractivity contribution in [2.75, 3.05) is 18.2 Å². The molecule has 0 radical (unpaired) electrons. The van der Waals surface area contributed by atoms with Crippen LogP contribution in [0.5, 0.6) is 5.75 Å². The molecule has 0 fully saturated rings. The number of hydrogen-bond acceptors (Lipinski definition) is 6. The van der Waals surface area contributed by atoms with E-state index >= 15 is 0 Å². The Balaban J connectivity index is 1.57. The minimum Gasteiger partial charge on any atom is -0.497 e. The molecule has 0 saturated heterocycles. The Morgan fingerprint density at radius 1 is 1.06 bits per heavy atom. The summed E-state index contributed by atoms with van der Waals surface area (Å²) in [7, 11) is 1.61. The molecular weight excluding hydrogens is 450 g/mol. The van der Waals surface area contributed by atoms with Crippen LogP contribution in [0, 0.1) is 13.8 Å². The number of carbonyl (C=O) groups excluding carboxylic acids is 2. The molecule has 180 valence electrons. The number of carbonyl (C=O) groups is 2. The first-order valence-corrected chi connectivity index (χ1v) is 12.1. The number of hydrogen-bond donors (Lipinski definition) is 2. The van der Waals surface area contributed by atoms with Gasteiger partial charge in [0.05, 0.1) is 25.3 Å². The molecular formula is C25H31N5O3S. The van der Waals surface area contributed by atoms with E-state index in [1.165, 1.54) is 17.3 Å². The van der Waals surface area contributed by atoms with Gasteiger partial charge in [-0.25, -0.2) is 0 Å². The van der Waals surface area contributed by atoms with Gasteiger partial charge in [0, 0.05) is 12.2 Å². The van der Waals surface area contributed by atoms with Gasteiger partial charge < -0.3 is 19.9 Å². The second kappa shape index (κ2) is 11.7. The summed E-state index contributed by atoms with van der Waals surface area (Å²) in [5.74, 6) is 1.40. The van der Waals surface area contributed by atoms with Crippen molar-refractivity contribution in [1.29, 1.82) is 0 Å². The van der Waals surface area contributed by atoms with Crippen LogP contribution >= 0.6 is 11.8 Å². The molecule has 2 N–H and O–H groups in total. The molecule has 0 unspecified atom stereocenters. The topological polar surface area (TPSA) is 98.1 Å². The molecule has 2 aromatic carbocycles. The Morgan fingerprint density at radius 3 is 2.44 bits per heavy atom. The van der Waals surface area contributed by atoms with Gasteiger partial charge in [0.1, 0.15) is 5.75 Å². The molecule has 1 heterocycles. The number of rotatable bonds is 10. The van der Waals surface area contributed by atoms with E-state index in [1.54, 1.807) is 7.11 Å². The smallest absolute Gasteiger partial charge is 0.234 e. The minimum atomic E-state index is -0.322. The Kier molecular flexibility index (Phi) is 8.70. The second-order valence-corrected chi connectivity index (χ2v) is 8.98. The maximum absolute atomic E-state index is 12.5. The third-order valence-electron chi connectivity index (χ3n) is 5.47. The fraction of sp³-hybridized carbons (Fsp3) is 0.360. The first kappa shape index (κ1) is 25.3. The fourth-order valence-corrected chi connectivity index (χ4v) is 4.27. The first-order valence-electron chi connectivity index (χ1n) is 11.2. The van der Waals surface area contributed by atoms with E-state index in [0.29, 0.717) is 17.5 Å². The van der Waals surface area contributed by atoms with Gasteiger partial charge >= 0.3 is 0 Å². The first-order chi connectivity index (χ1) is 16.3. The van der Waals surface area contributed by atoms with Gasteiger partial charge in [0.25, 0.3) is 0 Å². The number of aryl methyl sites for hydroxylation is 2. The van der Waals surface area contributed by atoms with E-state index in [0.717, 1.165) is 22.6 Å². The van der Waals surface area contributed by atoms with Gasteiger partial charge in [0.2, 0.25) is 11.8 Å². The highest BCUT2D eigenvalue weighted by atomic mass is 32.2. The number of nitrogens with one attached hydrogen (secondary N) is 2. The Hall–Kier alpha value is -3.33. The van der Waals surface area contributed by atoms with Crippen LogP contribution in [0.1, 0.15) is 42.4 Å². The third-order valence-corrected chi connectivity index (χ3v) is 6.44. The number of aromatic nitrogens is 3. The lowest BCUT2D eigenvalue weighted by Gasteiger charge is -2.15. The summed E-state index contributed by atoms with van der Waals surface area (Å²) in [6.07, 6.45) is 0.259. The summed E-state index contributed by atoms with van der Waals surface area (Å²) < 4.78 is 7.07. The number of ether oxygens (including phenoxy) is 1. The van der Waals surface area contributed by atoms with E-state index < -0.39 is 0 Å². The van der Waals surface area contributed by atoms with Crippen molar-refractivity contribution >= 4 is 29.3 Å². The number of thioether (sulfide) groups is 1. The quantitative estimate of drug-likeness (QED) is 0.424. The van der Waals surface area contributed by atoms with Gasteiger partial charge in [-0.1, -0.05) is 30.0 Å². The molecule has 0 spiro atoms. The second-order valence-electron chi connectivity index (χ2n) is 8.03. The third kappa shape index (κ3) is 6.60. The summed E-state index contributed by atoms with van der Waals surface area (Å²) in [6.45, 7) is 8.54. The molecule has 0 aliphatic rings. The van der Waals surface area contributed by atoms with Crippen LogP contribution in [-0.4, -0.2) is 39.4 Å². The van der Waals surface area contributed by atoms with E-state index in [-0.39, 0.29) is 30.0 Å². The standard InChI is InChI=1S/C25H31N5O3S/c1-6-30-24(18(4)26-22(31)14-19-8-11-21(33-5)12-9-19)28-29-25(30)34-15-23(32)27-20-10-7-16(2)17(3)13-20/h7-13,18H,6,14-15H2,1-5H3,(H,26,31)(H,27,32)/t18-/m0/s1. The van der Waals surface area contributed by atoms with Crippen molar-refractivity contribution in [1.82, 2.24) is 20.1 Å². The molecule has 9 heteroatoms.